The molecule has 0 unspecified atom stereocenters. The van der Waals surface area contributed by atoms with Crippen LogP contribution in [0.3, 0.4) is 0 Å². The van der Waals surface area contributed by atoms with Crippen LogP contribution in [-0.2, 0) is 25.4 Å². The molecule has 0 aliphatic carbocycles. The average Bonchev–Trinajstić information content (AvgIpc) is 2.78. The van der Waals surface area contributed by atoms with E-state index in [1.54, 1.807) is 25.1 Å². The number of ether oxygens (including phenoxy) is 1. The van der Waals surface area contributed by atoms with Gasteiger partial charge in [-0.15, -0.1) is 0 Å². The van der Waals surface area contributed by atoms with E-state index in [1.807, 2.05) is 0 Å². The first kappa shape index (κ1) is 12.6. The molecule has 0 fully saturated rings. The Balaban J connectivity index is 2.59. The Bertz CT molecular complexity index is 680. The lowest BCUT2D eigenvalue weighted by atomic mass is 10.4. The van der Waals surface area contributed by atoms with Crippen molar-refractivity contribution in [2.24, 2.45) is 14.1 Å². The van der Waals surface area contributed by atoms with Crippen molar-refractivity contribution in [2.45, 2.75) is 13.0 Å². The molecule has 0 saturated heterocycles. The number of fused-ring (bicyclic) bond motifs is 1. The van der Waals surface area contributed by atoms with E-state index in [9.17, 15) is 9.59 Å². The van der Waals surface area contributed by atoms with Gasteiger partial charge in [0.25, 0.3) is 5.56 Å². The molecule has 2 aromatic heterocycles. The Morgan fingerprint density at radius 2 is 2.00 bits per heavy atom. The zero-order chi connectivity index (χ0) is 13.3. The number of hydrogen-bond donors (Lipinski definition) is 0. The van der Waals surface area contributed by atoms with Crippen molar-refractivity contribution in [3.05, 3.63) is 27.2 Å². The van der Waals surface area contributed by atoms with Crippen molar-refractivity contribution in [1.29, 1.82) is 0 Å². The molecule has 2 aromatic rings. The second-order valence-electron chi connectivity index (χ2n) is 4.16. The van der Waals surface area contributed by atoms with Gasteiger partial charge in [0.2, 0.25) is 0 Å². The van der Waals surface area contributed by atoms with Crippen LogP contribution in [0.15, 0.2) is 15.9 Å². The summed E-state index contributed by atoms with van der Waals surface area (Å²) < 4.78 is 9.21. The maximum Gasteiger partial charge on any atom is 0.332 e. The molecular weight excluding hydrogens is 236 g/mol. The molecule has 0 saturated carbocycles. The minimum absolute atomic E-state index is 0.317. The average molecular weight is 252 g/mol. The van der Waals surface area contributed by atoms with Crippen LogP contribution in [0.1, 0.15) is 6.42 Å². The number of methoxy groups -OCH3 is 1. The van der Waals surface area contributed by atoms with E-state index in [0.717, 1.165) is 11.0 Å². The van der Waals surface area contributed by atoms with Crippen LogP contribution in [-0.4, -0.2) is 32.4 Å². The molecule has 0 aromatic carbocycles. The standard InChI is InChI=1S/C11H16N4O3/c1-13-9-8(10(16)14(2)11(13)17)15(7-12-9)5-4-6-18-3/h7H,4-6H2,1-3H3. The molecule has 2 heterocycles. The minimum Gasteiger partial charge on any atom is -0.385 e. The molecule has 0 atom stereocenters. The third kappa shape index (κ3) is 1.86. The van der Waals surface area contributed by atoms with E-state index >= 15 is 0 Å². The van der Waals surface area contributed by atoms with Gasteiger partial charge >= 0.3 is 5.69 Å². The van der Waals surface area contributed by atoms with Gasteiger partial charge in [-0.25, -0.2) is 9.78 Å². The molecule has 98 valence electrons. The van der Waals surface area contributed by atoms with Crippen LogP contribution >= 0.6 is 0 Å². The van der Waals surface area contributed by atoms with E-state index in [0.29, 0.717) is 24.3 Å². The van der Waals surface area contributed by atoms with Crippen molar-refractivity contribution < 1.29 is 4.74 Å². The molecule has 0 spiro atoms. The van der Waals surface area contributed by atoms with Gasteiger partial charge in [-0.05, 0) is 6.42 Å². The highest BCUT2D eigenvalue weighted by Gasteiger charge is 2.13. The summed E-state index contributed by atoms with van der Waals surface area (Å²) in [4.78, 5) is 27.9. The maximum absolute atomic E-state index is 12.1. The second kappa shape index (κ2) is 4.77. The highest BCUT2D eigenvalue weighted by molar-refractivity contribution is 5.69. The quantitative estimate of drug-likeness (QED) is 0.686. The van der Waals surface area contributed by atoms with Crippen molar-refractivity contribution in [2.75, 3.05) is 13.7 Å². The van der Waals surface area contributed by atoms with E-state index in [1.165, 1.54) is 11.6 Å². The molecule has 7 heteroatoms. The van der Waals surface area contributed by atoms with Gasteiger partial charge < -0.3 is 9.30 Å². The van der Waals surface area contributed by atoms with Crippen molar-refractivity contribution in [1.82, 2.24) is 18.7 Å². The first-order chi connectivity index (χ1) is 8.57. The summed E-state index contributed by atoms with van der Waals surface area (Å²) >= 11 is 0. The van der Waals surface area contributed by atoms with Gasteiger partial charge in [0.15, 0.2) is 11.2 Å². The summed E-state index contributed by atoms with van der Waals surface area (Å²) in [6, 6.07) is 0. The first-order valence-corrected chi connectivity index (χ1v) is 5.67. The summed E-state index contributed by atoms with van der Waals surface area (Å²) in [5.41, 5.74) is 0.189. The lowest BCUT2D eigenvalue weighted by molar-refractivity contribution is 0.190. The summed E-state index contributed by atoms with van der Waals surface area (Å²) in [5.74, 6) is 0. The van der Waals surface area contributed by atoms with Gasteiger partial charge in [-0.1, -0.05) is 0 Å². The lowest BCUT2D eigenvalue weighted by Gasteiger charge is -2.06. The fraction of sp³-hybridized carbons (Fsp3) is 0.545. The fourth-order valence-corrected chi connectivity index (χ4v) is 1.95. The third-order valence-corrected chi connectivity index (χ3v) is 2.96. The number of aryl methyl sites for hydroxylation is 2. The van der Waals surface area contributed by atoms with Gasteiger partial charge in [-0.3, -0.25) is 13.9 Å². The number of hydrogen-bond acceptors (Lipinski definition) is 4. The van der Waals surface area contributed by atoms with E-state index in [-0.39, 0.29) is 11.2 Å². The molecule has 0 amide bonds. The molecule has 0 N–H and O–H groups in total. The molecular formula is C11H16N4O3. The summed E-state index contributed by atoms with van der Waals surface area (Å²) in [6.07, 6.45) is 2.37. The zero-order valence-corrected chi connectivity index (χ0v) is 10.7. The molecule has 0 radical (unpaired) electrons. The Kier molecular flexibility index (Phi) is 3.33. The van der Waals surface area contributed by atoms with E-state index in [2.05, 4.69) is 4.98 Å². The highest BCUT2D eigenvalue weighted by Crippen LogP contribution is 2.05. The van der Waals surface area contributed by atoms with Crippen LogP contribution < -0.4 is 11.2 Å². The molecule has 0 aliphatic heterocycles. The fourth-order valence-electron chi connectivity index (χ4n) is 1.95. The summed E-state index contributed by atoms with van der Waals surface area (Å²) in [6.45, 7) is 1.25. The first-order valence-electron chi connectivity index (χ1n) is 5.67. The normalized spacial score (nSPS) is 11.3. The summed E-state index contributed by atoms with van der Waals surface area (Å²) in [5, 5.41) is 0. The molecule has 0 aliphatic rings. The van der Waals surface area contributed by atoms with Gasteiger partial charge in [0, 0.05) is 34.4 Å². The van der Waals surface area contributed by atoms with Crippen LogP contribution in [0.2, 0.25) is 0 Å². The molecule has 18 heavy (non-hydrogen) atoms. The van der Waals surface area contributed by atoms with Gasteiger partial charge in [0.1, 0.15) is 0 Å². The molecule has 2 rings (SSSR count). The third-order valence-electron chi connectivity index (χ3n) is 2.96. The zero-order valence-electron chi connectivity index (χ0n) is 10.7. The minimum atomic E-state index is -0.366. The van der Waals surface area contributed by atoms with Gasteiger partial charge in [-0.2, -0.15) is 0 Å². The maximum atomic E-state index is 12.1. The van der Waals surface area contributed by atoms with Crippen LogP contribution in [0.4, 0.5) is 0 Å². The summed E-state index contributed by atoms with van der Waals surface area (Å²) in [7, 11) is 4.71. The Morgan fingerprint density at radius 3 is 2.67 bits per heavy atom. The van der Waals surface area contributed by atoms with Crippen molar-refractivity contribution in [3.8, 4) is 0 Å². The molecule has 7 nitrogen and oxygen atoms in total. The predicted octanol–water partition coefficient (Wildman–Crippen LogP) is -0.530. The highest BCUT2D eigenvalue weighted by atomic mass is 16.5. The second-order valence-corrected chi connectivity index (χ2v) is 4.16. The monoisotopic (exact) mass is 252 g/mol. The van der Waals surface area contributed by atoms with Gasteiger partial charge in [0.05, 0.1) is 6.33 Å². The number of aromatic nitrogens is 4. The van der Waals surface area contributed by atoms with Crippen molar-refractivity contribution in [3.63, 3.8) is 0 Å². The topological polar surface area (TPSA) is 71.1 Å². The lowest BCUT2D eigenvalue weighted by Crippen LogP contribution is -2.37. The van der Waals surface area contributed by atoms with E-state index in [4.69, 9.17) is 4.74 Å². The Hall–Kier alpha value is -1.89. The number of nitrogens with zero attached hydrogens (tertiary/aromatic N) is 4. The Morgan fingerprint density at radius 1 is 1.28 bits per heavy atom. The molecule has 0 bridgehead atoms. The number of imidazole rings is 1. The van der Waals surface area contributed by atoms with Crippen LogP contribution in [0.25, 0.3) is 11.2 Å². The number of rotatable bonds is 4. The SMILES string of the molecule is COCCCn1cnc2c1c(=O)n(C)c(=O)n2C. The van der Waals surface area contributed by atoms with Crippen LogP contribution in [0, 0.1) is 0 Å². The van der Waals surface area contributed by atoms with E-state index < -0.39 is 0 Å². The predicted molar refractivity (Wildman–Crippen MR) is 66.7 cm³/mol. The smallest absolute Gasteiger partial charge is 0.332 e. The Labute approximate surface area is 103 Å². The largest absolute Gasteiger partial charge is 0.385 e. The van der Waals surface area contributed by atoms with Crippen LogP contribution in [0.5, 0.6) is 0 Å². The van der Waals surface area contributed by atoms with Crippen molar-refractivity contribution >= 4 is 11.2 Å².